The van der Waals surface area contributed by atoms with Gasteiger partial charge in [-0.05, 0) is 45.1 Å². The van der Waals surface area contributed by atoms with E-state index in [4.69, 9.17) is 0 Å². The van der Waals surface area contributed by atoms with Crippen molar-refractivity contribution in [2.75, 3.05) is 6.54 Å². The monoisotopic (exact) mass is 181 g/mol. The Hall–Kier alpha value is -0.0400. The Morgan fingerprint density at radius 1 is 0.923 bits per heavy atom. The van der Waals surface area contributed by atoms with Crippen LogP contribution in [-0.4, -0.2) is 23.5 Å². The lowest BCUT2D eigenvalue weighted by atomic mass is 9.84. The Bertz CT molecular complexity index is 167. The van der Waals surface area contributed by atoms with Crippen LogP contribution in [0.25, 0.3) is 0 Å². The lowest BCUT2D eigenvalue weighted by Crippen LogP contribution is -2.43. The van der Waals surface area contributed by atoms with Gasteiger partial charge < -0.3 is 0 Å². The molecule has 1 heteroatoms. The van der Waals surface area contributed by atoms with Crippen LogP contribution in [0, 0.1) is 5.92 Å². The first-order valence-corrected chi connectivity index (χ1v) is 6.05. The van der Waals surface area contributed by atoms with E-state index in [0.717, 1.165) is 18.0 Å². The van der Waals surface area contributed by atoms with Gasteiger partial charge in [0.05, 0.1) is 0 Å². The van der Waals surface area contributed by atoms with Gasteiger partial charge in [-0.25, -0.2) is 0 Å². The molecule has 0 spiro atoms. The molecule has 2 aliphatic rings. The van der Waals surface area contributed by atoms with Gasteiger partial charge in [0.1, 0.15) is 0 Å². The number of likely N-dealkylation sites (tertiary alicyclic amines) is 1. The predicted octanol–water partition coefficient (Wildman–Crippen LogP) is 3.05. The van der Waals surface area contributed by atoms with Crippen molar-refractivity contribution >= 4 is 0 Å². The van der Waals surface area contributed by atoms with Gasteiger partial charge in [0, 0.05) is 12.1 Å². The van der Waals surface area contributed by atoms with Crippen LogP contribution in [0.4, 0.5) is 0 Å². The molecule has 1 saturated carbocycles. The maximum atomic E-state index is 2.78. The molecule has 1 heterocycles. The van der Waals surface area contributed by atoms with Crippen molar-refractivity contribution in [3.63, 3.8) is 0 Å². The molecule has 3 unspecified atom stereocenters. The van der Waals surface area contributed by atoms with Crippen LogP contribution in [0.1, 0.15) is 52.4 Å². The van der Waals surface area contributed by atoms with Crippen molar-refractivity contribution < 1.29 is 0 Å². The van der Waals surface area contributed by atoms with Crippen molar-refractivity contribution in [2.24, 2.45) is 5.92 Å². The standard InChI is InChI=1S/C12H23N/c1-10-6-3-4-8-12(10)13-9-5-7-11(13)2/h10-12H,3-9H2,1-2H3. The van der Waals surface area contributed by atoms with Gasteiger partial charge in [-0.1, -0.05) is 19.8 Å². The molecule has 2 rings (SSSR count). The highest BCUT2D eigenvalue weighted by atomic mass is 15.2. The minimum Gasteiger partial charge on any atom is -0.297 e. The average Bonchev–Trinajstić information content (AvgIpc) is 2.52. The third kappa shape index (κ3) is 1.90. The quantitative estimate of drug-likeness (QED) is 0.601. The summed E-state index contributed by atoms with van der Waals surface area (Å²) < 4.78 is 0. The van der Waals surface area contributed by atoms with Crippen LogP contribution in [0.2, 0.25) is 0 Å². The van der Waals surface area contributed by atoms with E-state index in [-0.39, 0.29) is 0 Å². The summed E-state index contributed by atoms with van der Waals surface area (Å²) in [6.45, 7) is 6.24. The van der Waals surface area contributed by atoms with Crippen LogP contribution < -0.4 is 0 Å². The zero-order chi connectivity index (χ0) is 9.26. The van der Waals surface area contributed by atoms with Crippen molar-refractivity contribution in [3.05, 3.63) is 0 Å². The van der Waals surface area contributed by atoms with Crippen LogP contribution in [-0.2, 0) is 0 Å². The minimum atomic E-state index is 0.866. The Morgan fingerprint density at radius 3 is 2.31 bits per heavy atom. The molecule has 1 aliphatic carbocycles. The summed E-state index contributed by atoms with van der Waals surface area (Å²) in [5, 5.41) is 0. The molecule has 0 radical (unpaired) electrons. The molecule has 0 aromatic carbocycles. The highest BCUT2D eigenvalue weighted by molar-refractivity contribution is 4.87. The number of hydrogen-bond donors (Lipinski definition) is 0. The second kappa shape index (κ2) is 4.00. The summed E-state index contributed by atoms with van der Waals surface area (Å²) >= 11 is 0. The molecule has 1 nitrogen and oxygen atoms in total. The topological polar surface area (TPSA) is 3.24 Å². The van der Waals surface area contributed by atoms with E-state index in [1.54, 1.807) is 0 Å². The predicted molar refractivity (Wildman–Crippen MR) is 56.8 cm³/mol. The molecule has 0 aromatic rings. The van der Waals surface area contributed by atoms with Gasteiger partial charge in [0.25, 0.3) is 0 Å². The second-order valence-electron chi connectivity index (χ2n) is 5.06. The second-order valence-corrected chi connectivity index (χ2v) is 5.06. The summed E-state index contributed by atoms with van der Waals surface area (Å²) in [7, 11) is 0. The molecule has 0 aromatic heterocycles. The van der Waals surface area contributed by atoms with E-state index in [1.165, 1.54) is 45.1 Å². The van der Waals surface area contributed by atoms with Gasteiger partial charge in [0.15, 0.2) is 0 Å². The third-order valence-electron chi connectivity index (χ3n) is 4.10. The SMILES string of the molecule is CC1CCCCC1N1CCCC1C. The van der Waals surface area contributed by atoms with Crippen molar-refractivity contribution in [1.29, 1.82) is 0 Å². The van der Waals surface area contributed by atoms with E-state index >= 15 is 0 Å². The molecule has 76 valence electrons. The Morgan fingerprint density at radius 2 is 1.69 bits per heavy atom. The van der Waals surface area contributed by atoms with E-state index < -0.39 is 0 Å². The minimum absolute atomic E-state index is 0.866. The van der Waals surface area contributed by atoms with Crippen LogP contribution in [0.5, 0.6) is 0 Å². The molecule has 13 heavy (non-hydrogen) atoms. The molecule has 2 fully saturated rings. The molecule has 0 amide bonds. The summed E-state index contributed by atoms with van der Waals surface area (Å²) in [4.78, 5) is 2.78. The summed E-state index contributed by atoms with van der Waals surface area (Å²) in [6, 6.07) is 1.79. The fourth-order valence-electron chi connectivity index (χ4n) is 3.24. The van der Waals surface area contributed by atoms with Gasteiger partial charge in [-0.15, -0.1) is 0 Å². The molecule has 0 bridgehead atoms. The first-order valence-electron chi connectivity index (χ1n) is 6.05. The van der Waals surface area contributed by atoms with E-state index in [2.05, 4.69) is 18.7 Å². The third-order valence-corrected chi connectivity index (χ3v) is 4.10. The van der Waals surface area contributed by atoms with Gasteiger partial charge >= 0.3 is 0 Å². The zero-order valence-electron chi connectivity index (χ0n) is 9.13. The molecule has 0 N–H and O–H groups in total. The highest BCUT2D eigenvalue weighted by Crippen LogP contribution is 2.32. The van der Waals surface area contributed by atoms with Gasteiger partial charge in [-0.2, -0.15) is 0 Å². The average molecular weight is 181 g/mol. The molecule has 1 aliphatic heterocycles. The fraction of sp³-hybridized carbons (Fsp3) is 1.00. The Kier molecular flexibility index (Phi) is 2.92. The Labute approximate surface area is 82.5 Å². The van der Waals surface area contributed by atoms with Crippen molar-refractivity contribution in [2.45, 2.75) is 64.5 Å². The first-order chi connectivity index (χ1) is 6.29. The van der Waals surface area contributed by atoms with Crippen molar-refractivity contribution in [3.8, 4) is 0 Å². The van der Waals surface area contributed by atoms with E-state index in [9.17, 15) is 0 Å². The van der Waals surface area contributed by atoms with Crippen LogP contribution >= 0.6 is 0 Å². The summed E-state index contributed by atoms with van der Waals surface area (Å²) in [6.07, 6.45) is 8.74. The number of hydrogen-bond acceptors (Lipinski definition) is 1. The van der Waals surface area contributed by atoms with Crippen LogP contribution in [0.15, 0.2) is 0 Å². The van der Waals surface area contributed by atoms with Gasteiger partial charge in [-0.3, -0.25) is 4.90 Å². The van der Waals surface area contributed by atoms with Crippen LogP contribution in [0.3, 0.4) is 0 Å². The van der Waals surface area contributed by atoms with E-state index in [1.807, 2.05) is 0 Å². The number of rotatable bonds is 1. The first kappa shape index (κ1) is 9.51. The molecule has 3 atom stereocenters. The lowest BCUT2D eigenvalue weighted by molar-refractivity contribution is 0.106. The number of nitrogens with zero attached hydrogens (tertiary/aromatic N) is 1. The van der Waals surface area contributed by atoms with Crippen molar-refractivity contribution in [1.82, 2.24) is 4.90 Å². The Balaban J connectivity index is 1.97. The van der Waals surface area contributed by atoms with Gasteiger partial charge in [0.2, 0.25) is 0 Å². The lowest BCUT2D eigenvalue weighted by Gasteiger charge is -2.38. The maximum absolute atomic E-state index is 2.78. The highest BCUT2D eigenvalue weighted by Gasteiger charge is 2.32. The largest absolute Gasteiger partial charge is 0.297 e. The normalized spacial score (nSPS) is 42.5. The fourth-order valence-corrected chi connectivity index (χ4v) is 3.24. The van der Waals surface area contributed by atoms with E-state index in [0.29, 0.717) is 0 Å². The summed E-state index contributed by atoms with van der Waals surface area (Å²) in [5.41, 5.74) is 0. The smallest absolute Gasteiger partial charge is 0.0124 e. The molecule has 1 saturated heterocycles. The molecular weight excluding hydrogens is 158 g/mol. The zero-order valence-corrected chi connectivity index (χ0v) is 9.13. The molecular formula is C12H23N. The maximum Gasteiger partial charge on any atom is 0.0124 e. The summed E-state index contributed by atoms with van der Waals surface area (Å²) in [5.74, 6) is 0.953.